The minimum atomic E-state index is -0.667. The molecule has 2 atom stereocenters. The van der Waals surface area contributed by atoms with Crippen molar-refractivity contribution < 1.29 is 14.6 Å². The van der Waals surface area contributed by atoms with Crippen LogP contribution in [0, 0.1) is 5.92 Å². The average Bonchev–Trinajstić information content (AvgIpc) is 2.73. The zero-order valence-corrected chi connectivity index (χ0v) is 12.3. The van der Waals surface area contributed by atoms with Crippen LogP contribution >= 0.6 is 0 Å². The number of rotatable bonds is 3. The number of hydrogen-bond donors (Lipinski definition) is 1. The van der Waals surface area contributed by atoms with Crippen LogP contribution < -0.4 is 0 Å². The SMILES string of the molecule is CC1OCCC1C(=O)N1CCN(CC(C)(C)O)CC1. The molecule has 2 aliphatic heterocycles. The van der Waals surface area contributed by atoms with Gasteiger partial charge in [-0.25, -0.2) is 0 Å². The fraction of sp³-hybridized carbons (Fsp3) is 0.929. The van der Waals surface area contributed by atoms with Crippen LogP contribution in [0.3, 0.4) is 0 Å². The first-order valence-electron chi connectivity index (χ1n) is 7.22. The highest BCUT2D eigenvalue weighted by Gasteiger charge is 2.35. The van der Waals surface area contributed by atoms with Gasteiger partial charge in [0.2, 0.25) is 5.91 Å². The van der Waals surface area contributed by atoms with E-state index in [1.165, 1.54) is 0 Å². The van der Waals surface area contributed by atoms with Crippen molar-refractivity contribution in [1.82, 2.24) is 9.80 Å². The maximum absolute atomic E-state index is 12.4. The molecule has 0 bridgehead atoms. The van der Waals surface area contributed by atoms with Crippen molar-refractivity contribution in [3.05, 3.63) is 0 Å². The van der Waals surface area contributed by atoms with Crippen LogP contribution in [0.4, 0.5) is 0 Å². The zero-order valence-electron chi connectivity index (χ0n) is 12.3. The van der Waals surface area contributed by atoms with E-state index in [-0.39, 0.29) is 17.9 Å². The normalized spacial score (nSPS) is 29.8. The monoisotopic (exact) mass is 270 g/mol. The Kier molecular flexibility index (Phi) is 4.48. The molecule has 2 fully saturated rings. The van der Waals surface area contributed by atoms with Gasteiger partial charge in [0.05, 0.1) is 17.6 Å². The Hall–Kier alpha value is -0.650. The van der Waals surface area contributed by atoms with Gasteiger partial charge in [-0.05, 0) is 27.2 Å². The quantitative estimate of drug-likeness (QED) is 0.803. The summed E-state index contributed by atoms with van der Waals surface area (Å²) in [7, 11) is 0. The van der Waals surface area contributed by atoms with Crippen molar-refractivity contribution in [3.63, 3.8) is 0 Å². The topological polar surface area (TPSA) is 53.0 Å². The number of amides is 1. The van der Waals surface area contributed by atoms with Gasteiger partial charge < -0.3 is 14.7 Å². The summed E-state index contributed by atoms with van der Waals surface area (Å²) in [5.74, 6) is 0.286. The lowest BCUT2D eigenvalue weighted by molar-refractivity contribution is -0.139. The molecule has 5 heteroatoms. The van der Waals surface area contributed by atoms with Gasteiger partial charge in [0.15, 0.2) is 0 Å². The minimum absolute atomic E-state index is 0.0424. The summed E-state index contributed by atoms with van der Waals surface area (Å²) in [4.78, 5) is 16.6. The summed E-state index contributed by atoms with van der Waals surface area (Å²) in [5, 5.41) is 9.81. The minimum Gasteiger partial charge on any atom is -0.389 e. The summed E-state index contributed by atoms with van der Waals surface area (Å²) in [6.45, 7) is 10.2. The second-order valence-corrected chi connectivity index (χ2v) is 6.38. The number of ether oxygens (including phenoxy) is 1. The lowest BCUT2D eigenvalue weighted by Gasteiger charge is -2.38. The van der Waals surface area contributed by atoms with Gasteiger partial charge in [0.1, 0.15) is 0 Å². The second kappa shape index (κ2) is 5.77. The van der Waals surface area contributed by atoms with Crippen LogP contribution in [0.2, 0.25) is 0 Å². The van der Waals surface area contributed by atoms with Gasteiger partial charge in [-0.2, -0.15) is 0 Å². The third-order valence-electron chi connectivity index (χ3n) is 3.99. The Morgan fingerprint density at radius 1 is 1.32 bits per heavy atom. The lowest BCUT2D eigenvalue weighted by Crippen LogP contribution is -2.53. The highest BCUT2D eigenvalue weighted by Crippen LogP contribution is 2.23. The largest absolute Gasteiger partial charge is 0.389 e. The zero-order chi connectivity index (χ0) is 14.0. The van der Waals surface area contributed by atoms with Crippen LogP contribution in [-0.4, -0.2) is 71.8 Å². The molecule has 0 saturated carbocycles. The van der Waals surface area contributed by atoms with Crippen molar-refractivity contribution in [2.45, 2.75) is 38.9 Å². The molecule has 0 radical (unpaired) electrons. The molecule has 0 aromatic carbocycles. The van der Waals surface area contributed by atoms with Crippen molar-refractivity contribution in [3.8, 4) is 0 Å². The standard InChI is InChI=1S/C14H26N2O3/c1-11-12(4-9-19-11)13(17)16-7-5-15(6-8-16)10-14(2,3)18/h11-12,18H,4-10H2,1-3H3. The first-order chi connectivity index (χ1) is 8.87. The van der Waals surface area contributed by atoms with Gasteiger partial charge in [-0.3, -0.25) is 9.69 Å². The Morgan fingerprint density at radius 2 is 1.95 bits per heavy atom. The Bertz CT molecular complexity index is 319. The third-order valence-corrected chi connectivity index (χ3v) is 3.99. The van der Waals surface area contributed by atoms with Crippen LogP contribution in [0.25, 0.3) is 0 Å². The smallest absolute Gasteiger partial charge is 0.228 e. The van der Waals surface area contributed by atoms with Crippen molar-refractivity contribution in [1.29, 1.82) is 0 Å². The summed E-state index contributed by atoms with van der Waals surface area (Å²) < 4.78 is 5.47. The number of β-amino-alcohol motifs (C(OH)–C–C–N with tert-alkyl or cyclic N) is 1. The van der Waals surface area contributed by atoms with Gasteiger partial charge >= 0.3 is 0 Å². The Morgan fingerprint density at radius 3 is 2.42 bits per heavy atom. The molecular weight excluding hydrogens is 244 g/mol. The predicted octanol–water partition coefficient (Wildman–Crippen LogP) is 0.327. The molecule has 0 aromatic rings. The number of nitrogens with zero attached hydrogens (tertiary/aromatic N) is 2. The average molecular weight is 270 g/mol. The summed E-state index contributed by atoms with van der Waals surface area (Å²) in [6.07, 6.45) is 0.908. The molecule has 110 valence electrons. The summed E-state index contributed by atoms with van der Waals surface area (Å²) in [5.41, 5.74) is -0.667. The molecule has 2 unspecified atom stereocenters. The van der Waals surface area contributed by atoms with E-state index in [4.69, 9.17) is 4.74 Å². The number of carbonyl (C=O) groups excluding carboxylic acids is 1. The maximum Gasteiger partial charge on any atom is 0.228 e. The fourth-order valence-corrected chi connectivity index (χ4v) is 2.96. The van der Waals surface area contributed by atoms with Crippen LogP contribution in [0.5, 0.6) is 0 Å². The molecule has 1 amide bonds. The number of piperazine rings is 1. The highest BCUT2D eigenvalue weighted by molar-refractivity contribution is 5.79. The predicted molar refractivity (Wildman–Crippen MR) is 72.8 cm³/mol. The Balaban J connectivity index is 1.81. The summed E-state index contributed by atoms with van der Waals surface area (Å²) in [6, 6.07) is 0. The molecule has 0 aliphatic carbocycles. The molecule has 1 N–H and O–H groups in total. The van der Waals surface area contributed by atoms with E-state index < -0.39 is 5.60 Å². The van der Waals surface area contributed by atoms with E-state index in [0.717, 1.165) is 32.6 Å². The molecule has 2 aliphatic rings. The van der Waals surface area contributed by atoms with E-state index in [0.29, 0.717) is 13.2 Å². The van der Waals surface area contributed by atoms with E-state index in [9.17, 15) is 9.90 Å². The van der Waals surface area contributed by atoms with E-state index >= 15 is 0 Å². The first-order valence-corrected chi connectivity index (χ1v) is 7.22. The van der Waals surface area contributed by atoms with E-state index in [1.54, 1.807) is 0 Å². The van der Waals surface area contributed by atoms with Crippen molar-refractivity contribution >= 4 is 5.91 Å². The fourth-order valence-electron chi connectivity index (χ4n) is 2.96. The highest BCUT2D eigenvalue weighted by atomic mass is 16.5. The first kappa shape index (κ1) is 14.8. The molecule has 0 aromatic heterocycles. The third kappa shape index (κ3) is 3.91. The van der Waals surface area contributed by atoms with E-state index in [2.05, 4.69) is 4.90 Å². The van der Waals surface area contributed by atoms with E-state index in [1.807, 2.05) is 25.7 Å². The second-order valence-electron chi connectivity index (χ2n) is 6.38. The number of carbonyl (C=O) groups is 1. The van der Waals surface area contributed by atoms with Gasteiger partial charge in [-0.15, -0.1) is 0 Å². The molecule has 2 rings (SSSR count). The van der Waals surface area contributed by atoms with Gasteiger partial charge in [0.25, 0.3) is 0 Å². The van der Waals surface area contributed by atoms with Crippen LogP contribution in [-0.2, 0) is 9.53 Å². The van der Waals surface area contributed by atoms with Crippen LogP contribution in [0.15, 0.2) is 0 Å². The molecule has 5 nitrogen and oxygen atoms in total. The molecule has 2 heterocycles. The molecular formula is C14H26N2O3. The Labute approximate surface area is 115 Å². The van der Waals surface area contributed by atoms with Crippen LogP contribution in [0.1, 0.15) is 27.2 Å². The number of hydrogen-bond acceptors (Lipinski definition) is 4. The molecule has 19 heavy (non-hydrogen) atoms. The molecule has 0 spiro atoms. The van der Waals surface area contributed by atoms with Gasteiger partial charge in [-0.1, -0.05) is 0 Å². The van der Waals surface area contributed by atoms with Crippen molar-refractivity contribution in [2.24, 2.45) is 5.92 Å². The summed E-state index contributed by atoms with van der Waals surface area (Å²) >= 11 is 0. The van der Waals surface area contributed by atoms with Crippen molar-refractivity contribution in [2.75, 3.05) is 39.3 Å². The maximum atomic E-state index is 12.4. The van der Waals surface area contributed by atoms with Gasteiger partial charge in [0, 0.05) is 39.3 Å². The lowest BCUT2D eigenvalue weighted by atomic mass is 10.0. The molecule has 2 saturated heterocycles. The number of aliphatic hydroxyl groups is 1.